The van der Waals surface area contributed by atoms with E-state index in [9.17, 15) is 51.3 Å². The van der Waals surface area contributed by atoms with E-state index in [-0.39, 0.29) is 116 Å². The molecular weight excluding hydrogens is 956 g/mol. The fraction of sp³-hybridized carbons (Fsp3) is 0.647. The predicted octanol–water partition coefficient (Wildman–Crippen LogP) is -4.24. The minimum absolute atomic E-state index is 0. The van der Waals surface area contributed by atoms with Crippen LogP contribution in [0.25, 0.3) is 0 Å². The van der Waals surface area contributed by atoms with E-state index in [0.29, 0.717) is 11.4 Å². The van der Waals surface area contributed by atoms with Crippen molar-refractivity contribution in [2.45, 2.75) is 90.1 Å². The average molecular weight is 1010 g/mol. The maximum Gasteiger partial charge on any atom is 1.00 e. The number of thioether (sulfide) groups is 2. The first kappa shape index (κ1) is 57.0. The molecule has 4 atom stereocenters. The van der Waals surface area contributed by atoms with Crippen molar-refractivity contribution in [1.82, 2.24) is 50.2 Å². The summed E-state index contributed by atoms with van der Waals surface area (Å²) >= 11 is 2.31. The first-order valence-electron chi connectivity index (χ1n) is 18.8. The van der Waals surface area contributed by atoms with E-state index in [1.807, 2.05) is 0 Å². The summed E-state index contributed by atoms with van der Waals surface area (Å²) in [4.78, 5) is 93.2. The molecule has 4 amide bonds. The molecule has 65 heavy (non-hydrogen) atoms. The van der Waals surface area contributed by atoms with Crippen LogP contribution in [-0.4, -0.2) is 169 Å². The van der Waals surface area contributed by atoms with Crippen molar-refractivity contribution >= 4 is 81.7 Å². The monoisotopic (exact) mass is 1000 g/mol. The predicted molar refractivity (Wildman–Crippen MR) is 217 cm³/mol. The Morgan fingerprint density at radius 2 is 1.17 bits per heavy atom. The van der Waals surface area contributed by atoms with Gasteiger partial charge in [-0.25, -0.2) is 31.7 Å². The molecule has 0 spiro atoms. The summed E-state index contributed by atoms with van der Waals surface area (Å²) in [5, 5.41) is 22.6. The quantitative estimate of drug-likeness (QED) is 0.0394. The van der Waals surface area contributed by atoms with Gasteiger partial charge in [-0.3, -0.25) is 28.8 Å². The van der Waals surface area contributed by atoms with Crippen molar-refractivity contribution in [3.8, 4) is 0 Å². The van der Waals surface area contributed by atoms with Crippen LogP contribution in [0.15, 0.2) is 12.4 Å². The van der Waals surface area contributed by atoms with Gasteiger partial charge in [0, 0.05) is 11.5 Å². The Hall–Kier alpha value is -4.11. The molecule has 2 aromatic rings. The minimum atomic E-state index is -5.07. The SMILES string of the molecule is COC(=O)CSC[C@@H]1NC(=O)[C@H]1n1cc(COC(=O)CNC(=O)OC(C)(C)C)nn1.COC(=O)CSC[C@H]1[C@H](n2cc(COC(=O)CNC(=O)OC(C)(C)C)nn2)C(=O)N1S(=O)(=O)[O-].[K+]. The molecule has 2 aliphatic heterocycles. The van der Waals surface area contributed by atoms with Gasteiger partial charge in [0.2, 0.25) is 5.91 Å². The van der Waals surface area contributed by atoms with E-state index in [4.69, 9.17) is 18.9 Å². The fourth-order valence-corrected chi connectivity index (χ4v) is 7.95. The molecule has 0 saturated carbocycles. The summed E-state index contributed by atoms with van der Waals surface area (Å²) in [6.07, 6.45) is 1.24. The van der Waals surface area contributed by atoms with Gasteiger partial charge in [0.15, 0.2) is 22.4 Å². The van der Waals surface area contributed by atoms with Crippen LogP contribution in [0.4, 0.5) is 9.59 Å². The fourth-order valence-electron chi connectivity index (χ4n) is 5.11. The maximum atomic E-state index is 12.3. The van der Waals surface area contributed by atoms with Gasteiger partial charge in [0.1, 0.15) is 48.9 Å². The molecular formula is C34H49KN10O17S3. The molecule has 4 rings (SSSR count). The van der Waals surface area contributed by atoms with Crippen LogP contribution in [0.3, 0.4) is 0 Å². The van der Waals surface area contributed by atoms with Gasteiger partial charge in [0.25, 0.3) is 5.91 Å². The number of methoxy groups -OCH3 is 2. The first-order valence-corrected chi connectivity index (χ1v) is 22.4. The first-order chi connectivity index (χ1) is 29.8. The van der Waals surface area contributed by atoms with Crippen molar-refractivity contribution in [3.63, 3.8) is 0 Å². The van der Waals surface area contributed by atoms with Gasteiger partial charge in [-0.1, -0.05) is 10.4 Å². The number of amides is 4. The minimum Gasteiger partial charge on any atom is -0.731 e. The Labute approximate surface area is 423 Å². The molecule has 4 heterocycles. The second-order valence-electron chi connectivity index (χ2n) is 15.3. The van der Waals surface area contributed by atoms with Gasteiger partial charge in [-0.15, -0.1) is 33.7 Å². The summed E-state index contributed by atoms with van der Waals surface area (Å²) in [6.45, 7) is 8.79. The Morgan fingerprint density at radius 1 is 0.738 bits per heavy atom. The van der Waals surface area contributed by atoms with Gasteiger partial charge in [-0.2, -0.15) is 0 Å². The number of ether oxygens (including phenoxy) is 6. The van der Waals surface area contributed by atoms with Crippen LogP contribution in [0.2, 0.25) is 0 Å². The zero-order valence-electron chi connectivity index (χ0n) is 36.9. The molecule has 27 nitrogen and oxygen atoms in total. The van der Waals surface area contributed by atoms with E-state index in [2.05, 4.69) is 46.0 Å². The second kappa shape index (κ2) is 25.7. The Balaban J connectivity index is 0.000000443. The number of β-lactam (4-membered cyclic amide) rings is 2. The number of nitrogens with zero attached hydrogens (tertiary/aromatic N) is 7. The number of hydrogen-bond acceptors (Lipinski definition) is 23. The molecule has 0 radical (unpaired) electrons. The van der Waals surface area contributed by atoms with Crippen LogP contribution < -0.4 is 67.3 Å². The molecule has 3 N–H and O–H groups in total. The molecule has 2 saturated heterocycles. The zero-order valence-corrected chi connectivity index (χ0v) is 42.5. The maximum absolute atomic E-state index is 12.3. The van der Waals surface area contributed by atoms with Crippen LogP contribution in [-0.2, 0) is 80.7 Å². The van der Waals surface area contributed by atoms with Gasteiger partial charge in [0.05, 0.1) is 50.2 Å². The average Bonchev–Trinajstić information content (AvgIpc) is 3.84. The van der Waals surface area contributed by atoms with Gasteiger partial charge < -0.3 is 48.9 Å². The van der Waals surface area contributed by atoms with E-state index in [0.717, 1.165) is 16.4 Å². The Bertz CT molecular complexity index is 2130. The molecule has 356 valence electrons. The number of hydrogen-bond donors (Lipinski definition) is 3. The van der Waals surface area contributed by atoms with Crippen LogP contribution in [0.1, 0.15) is 65.0 Å². The van der Waals surface area contributed by atoms with Crippen molar-refractivity contribution in [3.05, 3.63) is 23.8 Å². The standard InChI is InChI=1S/C17H25N5O10S2.C17H25N5O7S.K/c1-17(2,3)32-16(26)18-5-12(23)31-7-10-6-21(20-19-10)14-11(8-33-9-13(24)30-4)22(15(14)25)34(27,28)29;1-17(2,3)29-16(26)18-5-12(23)28-7-10-6-22(21-20-10)14-11(19-15(14)25)8-30-9-13(24)27-4;/h6,11,14H,5,7-9H2,1-4H3,(H,18,26)(H,27,28,29);6,11,14H,5,7-9H2,1-4H3,(H,18,26)(H,19,25);/q;;+1/p-1/t2*11-,14-;/m00./s1. The number of alkyl carbamates (subject to hydrolysis) is 2. The number of nitrogens with one attached hydrogen (secondary N) is 3. The topological polar surface area (TPSA) is 350 Å². The summed E-state index contributed by atoms with van der Waals surface area (Å²) in [7, 11) is -2.57. The van der Waals surface area contributed by atoms with E-state index in [1.54, 1.807) is 41.5 Å². The number of carbonyl (C=O) groups is 8. The summed E-state index contributed by atoms with van der Waals surface area (Å²) in [5.41, 5.74) is -0.929. The van der Waals surface area contributed by atoms with Gasteiger partial charge >= 0.3 is 87.4 Å². The van der Waals surface area contributed by atoms with Crippen LogP contribution in [0, 0.1) is 0 Å². The zero-order chi connectivity index (χ0) is 48.0. The molecule has 2 aromatic heterocycles. The summed E-state index contributed by atoms with van der Waals surface area (Å²) in [6, 6.07) is -3.01. The van der Waals surface area contributed by atoms with Crippen molar-refractivity contribution in [2.75, 3.05) is 50.3 Å². The van der Waals surface area contributed by atoms with Crippen LogP contribution >= 0.6 is 23.5 Å². The normalized spacial score (nSPS) is 17.8. The van der Waals surface area contributed by atoms with Crippen molar-refractivity contribution in [1.29, 1.82) is 0 Å². The van der Waals surface area contributed by atoms with Crippen molar-refractivity contribution < 1.29 is 131 Å². The van der Waals surface area contributed by atoms with Crippen molar-refractivity contribution in [2.24, 2.45) is 0 Å². The summed E-state index contributed by atoms with van der Waals surface area (Å²) in [5.74, 6) is -3.07. The largest absolute Gasteiger partial charge is 1.00 e. The van der Waals surface area contributed by atoms with E-state index in [1.165, 1.54) is 43.1 Å². The third-order valence-electron chi connectivity index (χ3n) is 7.83. The molecule has 2 fully saturated rings. The molecule has 0 unspecified atom stereocenters. The van der Waals surface area contributed by atoms with E-state index >= 15 is 0 Å². The second-order valence-corrected chi connectivity index (χ2v) is 18.6. The number of carbonyl (C=O) groups excluding carboxylic acids is 8. The number of esters is 4. The summed E-state index contributed by atoms with van der Waals surface area (Å²) < 4.78 is 66.0. The third-order valence-corrected chi connectivity index (χ3v) is 10.8. The molecule has 0 aromatic carbocycles. The number of aromatic nitrogens is 6. The Kier molecular flexibility index (Phi) is 22.5. The molecule has 0 aliphatic carbocycles. The smallest absolute Gasteiger partial charge is 0.731 e. The molecule has 2 aliphatic rings. The molecule has 0 bridgehead atoms. The third kappa shape index (κ3) is 19.3. The van der Waals surface area contributed by atoms with Gasteiger partial charge in [-0.05, 0) is 41.5 Å². The molecule has 31 heteroatoms. The van der Waals surface area contributed by atoms with Crippen LogP contribution in [0.5, 0.6) is 0 Å². The number of rotatable bonds is 19. The van der Waals surface area contributed by atoms with E-state index < -0.39 is 82.2 Å². The Morgan fingerprint density at radius 3 is 1.57 bits per heavy atom.